The SMILES string of the molecule is CCCNC(CC)Cc1ccc([N+](=O)[O-])c2cccnc12. The Balaban J connectivity index is 2.36. The Hall–Kier alpha value is -2.01. The number of nitro benzene ring substituents is 1. The summed E-state index contributed by atoms with van der Waals surface area (Å²) in [7, 11) is 0. The van der Waals surface area contributed by atoms with Crippen molar-refractivity contribution < 1.29 is 4.92 Å². The van der Waals surface area contributed by atoms with Gasteiger partial charge in [-0.05, 0) is 49.6 Å². The number of fused-ring (bicyclic) bond motifs is 1. The summed E-state index contributed by atoms with van der Waals surface area (Å²) in [5, 5.41) is 15.2. The van der Waals surface area contributed by atoms with Gasteiger partial charge in [-0.15, -0.1) is 0 Å². The normalized spacial score (nSPS) is 12.5. The van der Waals surface area contributed by atoms with Crippen LogP contribution in [0.4, 0.5) is 5.69 Å². The molecule has 1 aromatic carbocycles. The Morgan fingerprint density at radius 3 is 2.81 bits per heavy atom. The van der Waals surface area contributed by atoms with Crippen LogP contribution in [0.2, 0.25) is 0 Å². The van der Waals surface area contributed by atoms with Gasteiger partial charge in [-0.1, -0.05) is 13.8 Å². The summed E-state index contributed by atoms with van der Waals surface area (Å²) in [6, 6.07) is 7.31. The van der Waals surface area contributed by atoms with E-state index in [0.717, 1.165) is 36.9 Å². The van der Waals surface area contributed by atoms with Gasteiger partial charge in [0, 0.05) is 18.3 Å². The first-order valence-corrected chi connectivity index (χ1v) is 7.41. The molecule has 0 bridgehead atoms. The van der Waals surface area contributed by atoms with Gasteiger partial charge in [0.25, 0.3) is 5.69 Å². The van der Waals surface area contributed by atoms with E-state index in [1.165, 1.54) is 0 Å². The van der Waals surface area contributed by atoms with Crippen LogP contribution < -0.4 is 5.32 Å². The molecule has 0 saturated carbocycles. The molecular weight excluding hydrogens is 266 g/mol. The molecule has 1 N–H and O–H groups in total. The Bertz CT molecular complexity index is 628. The third-order valence-electron chi connectivity index (χ3n) is 3.67. The fraction of sp³-hybridized carbons (Fsp3) is 0.438. The Morgan fingerprint density at radius 2 is 2.14 bits per heavy atom. The van der Waals surface area contributed by atoms with E-state index in [9.17, 15) is 10.1 Å². The molecule has 0 aliphatic rings. The molecule has 0 saturated heterocycles. The molecule has 0 amide bonds. The minimum Gasteiger partial charge on any atom is -0.314 e. The lowest BCUT2D eigenvalue weighted by atomic mass is 10.00. The van der Waals surface area contributed by atoms with Gasteiger partial charge in [-0.2, -0.15) is 0 Å². The van der Waals surface area contributed by atoms with E-state index in [4.69, 9.17) is 0 Å². The third-order valence-corrected chi connectivity index (χ3v) is 3.67. The number of pyridine rings is 1. The topological polar surface area (TPSA) is 68.1 Å². The highest BCUT2D eigenvalue weighted by molar-refractivity contribution is 5.90. The van der Waals surface area contributed by atoms with Gasteiger partial charge in [0.15, 0.2) is 0 Å². The number of non-ortho nitro benzene ring substituents is 1. The molecule has 21 heavy (non-hydrogen) atoms. The number of nitrogens with zero attached hydrogens (tertiary/aromatic N) is 2. The summed E-state index contributed by atoms with van der Waals surface area (Å²) in [5.74, 6) is 0. The molecule has 1 atom stereocenters. The quantitative estimate of drug-likeness (QED) is 0.625. The van der Waals surface area contributed by atoms with E-state index in [2.05, 4.69) is 24.1 Å². The van der Waals surface area contributed by atoms with Crippen LogP contribution in [0.25, 0.3) is 10.9 Å². The number of aromatic nitrogens is 1. The molecule has 0 aliphatic carbocycles. The van der Waals surface area contributed by atoms with Crippen molar-refractivity contribution in [2.75, 3.05) is 6.54 Å². The van der Waals surface area contributed by atoms with Gasteiger partial charge < -0.3 is 5.32 Å². The van der Waals surface area contributed by atoms with E-state index in [-0.39, 0.29) is 10.6 Å². The fourth-order valence-corrected chi connectivity index (χ4v) is 2.51. The first kappa shape index (κ1) is 15.4. The molecular formula is C16H21N3O2. The molecule has 1 unspecified atom stereocenters. The summed E-state index contributed by atoms with van der Waals surface area (Å²) in [6.07, 6.45) is 4.64. The van der Waals surface area contributed by atoms with E-state index in [1.807, 2.05) is 6.07 Å². The first-order valence-electron chi connectivity index (χ1n) is 7.41. The van der Waals surface area contributed by atoms with Crippen LogP contribution in [0.1, 0.15) is 32.3 Å². The van der Waals surface area contributed by atoms with Crippen molar-refractivity contribution in [2.24, 2.45) is 0 Å². The highest BCUT2D eigenvalue weighted by atomic mass is 16.6. The summed E-state index contributed by atoms with van der Waals surface area (Å²) in [6.45, 7) is 5.27. The minimum atomic E-state index is -0.347. The van der Waals surface area contributed by atoms with Gasteiger partial charge in [0.2, 0.25) is 0 Å². The standard InChI is InChI=1S/C16H21N3O2/c1-3-9-17-13(4-2)11-12-7-8-15(19(20)21)14-6-5-10-18-16(12)14/h5-8,10,13,17H,3-4,9,11H2,1-2H3. The summed E-state index contributed by atoms with van der Waals surface area (Å²) >= 11 is 0. The monoisotopic (exact) mass is 287 g/mol. The maximum Gasteiger partial charge on any atom is 0.278 e. The number of nitrogens with one attached hydrogen (secondary N) is 1. The van der Waals surface area contributed by atoms with Gasteiger partial charge in [-0.25, -0.2) is 0 Å². The zero-order valence-corrected chi connectivity index (χ0v) is 12.5. The lowest BCUT2D eigenvalue weighted by Crippen LogP contribution is -2.31. The Labute approximate surface area is 124 Å². The van der Waals surface area contributed by atoms with Crippen molar-refractivity contribution in [3.8, 4) is 0 Å². The van der Waals surface area contributed by atoms with Crippen LogP contribution in [0, 0.1) is 10.1 Å². The van der Waals surface area contributed by atoms with Gasteiger partial charge in [0.05, 0.1) is 15.8 Å². The van der Waals surface area contributed by atoms with Crippen LogP contribution in [0.15, 0.2) is 30.5 Å². The van der Waals surface area contributed by atoms with Crippen molar-refractivity contribution >= 4 is 16.6 Å². The van der Waals surface area contributed by atoms with Crippen molar-refractivity contribution in [1.82, 2.24) is 10.3 Å². The predicted molar refractivity (Wildman–Crippen MR) is 84.5 cm³/mol. The number of rotatable bonds is 7. The molecule has 1 aromatic heterocycles. The fourth-order valence-electron chi connectivity index (χ4n) is 2.51. The molecule has 2 aromatic rings. The second-order valence-corrected chi connectivity index (χ2v) is 5.16. The number of benzene rings is 1. The summed E-state index contributed by atoms with van der Waals surface area (Å²) < 4.78 is 0. The van der Waals surface area contributed by atoms with Crippen LogP contribution in [0.5, 0.6) is 0 Å². The minimum absolute atomic E-state index is 0.122. The lowest BCUT2D eigenvalue weighted by Gasteiger charge is -2.17. The maximum atomic E-state index is 11.1. The second-order valence-electron chi connectivity index (χ2n) is 5.16. The molecule has 1 heterocycles. The van der Waals surface area contributed by atoms with E-state index >= 15 is 0 Å². The first-order chi connectivity index (χ1) is 10.2. The van der Waals surface area contributed by atoms with Crippen molar-refractivity contribution in [3.05, 3.63) is 46.1 Å². The smallest absolute Gasteiger partial charge is 0.278 e. The lowest BCUT2D eigenvalue weighted by molar-refractivity contribution is -0.383. The second kappa shape index (κ2) is 7.13. The molecule has 0 fully saturated rings. The Morgan fingerprint density at radius 1 is 1.33 bits per heavy atom. The molecule has 2 rings (SSSR count). The zero-order valence-electron chi connectivity index (χ0n) is 12.5. The molecule has 0 aliphatic heterocycles. The summed E-state index contributed by atoms with van der Waals surface area (Å²) in [5.41, 5.74) is 1.92. The molecule has 5 heteroatoms. The van der Waals surface area contributed by atoms with Crippen LogP contribution in [0.3, 0.4) is 0 Å². The zero-order chi connectivity index (χ0) is 15.2. The predicted octanol–water partition coefficient (Wildman–Crippen LogP) is 3.46. The summed E-state index contributed by atoms with van der Waals surface area (Å²) in [4.78, 5) is 15.1. The highest BCUT2D eigenvalue weighted by Gasteiger charge is 2.16. The molecule has 5 nitrogen and oxygen atoms in total. The van der Waals surface area contributed by atoms with Gasteiger partial charge in [-0.3, -0.25) is 15.1 Å². The van der Waals surface area contributed by atoms with E-state index in [1.54, 1.807) is 24.4 Å². The number of hydrogen-bond donors (Lipinski definition) is 1. The number of nitro groups is 1. The van der Waals surface area contributed by atoms with Crippen LogP contribution in [-0.4, -0.2) is 22.5 Å². The average molecular weight is 287 g/mol. The van der Waals surface area contributed by atoms with Crippen molar-refractivity contribution in [1.29, 1.82) is 0 Å². The average Bonchev–Trinajstić information content (AvgIpc) is 2.51. The van der Waals surface area contributed by atoms with Crippen molar-refractivity contribution in [2.45, 2.75) is 39.2 Å². The van der Waals surface area contributed by atoms with Crippen LogP contribution in [-0.2, 0) is 6.42 Å². The molecule has 112 valence electrons. The number of hydrogen-bond acceptors (Lipinski definition) is 4. The van der Waals surface area contributed by atoms with Crippen molar-refractivity contribution in [3.63, 3.8) is 0 Å². The molecule has 0 radical (unpaired) electrons. The van der Waals surface area contributed by atoms with E-state index in [0.29, 0.717) is 11.4 Å². The van der Waals surface area contributed by atoms with Gasteiger partial charge >= 0.3 is 0 Å². The van der Waals surface area contributed by atoms with E-state index < -0.39 is 0 Å². The highest BCUT2D eigenvalue weighted by Crippen LogP contribution is 2.27. The largest absolute Gasteiger partial charge is 0.314 e. The van der Waals surface area contributed by atoms with Crippen LogP contribution >= 0.6 is 0 Å². The third kappa shape index (κ3) is 3.55. The van der Waals surface area contributed by atoms with Gasteiger partial charge in [0.1, 0.15) is 0 Å². The maximum absolute atomic E-state index is 11.1. The Kier molecular flexibility index (Phi) is 5.22. The molecule has 0 spiro atoms.